The molecule has 1 fully saturated rings. The van der Waals surface area contributed by atoms with E-state index < -0.39 is 5.91 Å². The molecule has 5 N–H and O–H groups in total. The summed E-state index contributed by atoms with van der Waals surface area (Å²) in [6.07, 6.45) is 6.71. The Morgan fingerprint density at radius 2 is 1.82 bits per heavy atom. The van der Waals surface area contributed by atoms with Crippen molar-refractivity contribution in [1.29, 1.82) is 0 Å². The van der Waals surface area contributed by atoms with E-state index in [1.165, 1.54) is 0 Å². The van der Waals surface area contributed by atoms with E-state index in [1.54, 1.807) is 30.7 Å². The Morgan fingerprint density at radius 3 is 2.63 bits per heavy atom. The van der Waals surface area contributed by atoms with Crippen LogP contribution in [0.3, 0.4) is 0 Å². The quantitative estimate of drug-likeness (QED) is 0.287. The van der Waals surface area contributed by atoms with Crippen LogP contribution >= 0.6 is 0 Å². The fourth-order valence-corrected chi connectivity index (χ4v) is 4.77. The zero-order valence-electron chi connectivity index (χ0n) is 20.5. The number of fused-ring (bicyclic) bond motifs is 2. The van der Waals surface area contributed by atoms with E-state index in [2.05, 4.69) is 30.5 Å². The third-order valence-corrected chi connectivity index (χ3v) is 6.65. The van der Waals surface area contributed by atoms with Crippen LogP contribution in [0, 0.1) is 0 Å². The van der Waals surface area contributed by atoms with Gasteiger partial charge >= 0.3 is 6.03 Å². The molecule has 0 saturated carbocycles. The molecule has 1 aliphatic heterocycles. The zero-order chi connectivity index (χ0) is 26.1. The van der Waals surface area contributed by atoms with Crippen molar-refractivity contribution in [1.82, 2.24) is 30.0 Å². The normalized spacial score (nSPS) is 14.4. The first-order valence-corrected chi connectivity index (χ1v) is 12.4. The molecule has 0 spiro atoms. The lowest BCUT2D eigenvalue weighted by Crippen LogP contribution is -2.38. The van der Waals surface area contributed by atoms with Crippen LogP contribution in [0.2, 0.25) is 0 Å². The molecule has 11 nitrogen and oxygen atoms in total. The van der Waals surface area contributed by atoms with Crippen LogP contribution in [-0.4, -0.2) is 68.3 Å². The highest BCUT2D eigenvalue weighted by Gasteiger charge is 2.17. The van der Waals surface area contributed by atoms with Gasteiger partial charge in [0.1, 0.15) is 0 Å². The molecule has 1 aromatic carbocycles. The number of hydrogen-bond donors (Lipinski definition) is 4. The molecule has 5 heterocycles. The van der Waals surface area contributed by atoms with Crippen LogP contribution in [0.5, 0.6) is 0 Å². The van der Waals surface area contributed by atoms with Gasteiger partial charge in [0.05, 0.1) is 23.3 Å². The lowest BCUT2D eigenvalue weighted by Gasteiger charge is -2.25. The van der Waals surface area contributed by atoms with Crippen molar-refractivity contribution in [2.75, 3.05) is 31.6 Å². The number of carbonyl (C=O) groups excluding carboxylic acids is 2. The van der Waals surface area contributed by atoms with E-state index >= 15 is 0 Å². The summed E-state index contributed by atoms with van der Waals surface area (Å²) < 4.78 is 5.48. The second-order valence-electron chi connectivity index (χ2n) is 9.21. The summed E-state index contributed by atoms with van der Waals surface area (Å²) in [5, 5.41) is 11.9. The number of aromatic amines is 2. The van der Waals surface area contributed by atoms with Crippen LogP contribution in [0.1, 0.15) is 23.2 Å². The average molecular weight is 511 g/mol. The van der Waals surface area contributed by atoms with Crippen LogP contribution in [0.15, 0.2) is 55.0 Å². The van der Waals surface area contributed by atoms with E-state index in [0.29, 0.717) is 43.2 Å². The first-order chi connectivity index (χ1) is 18.6. The van der Waals surface area contributed by atoms with Gasteiger partial charge in [-0.2, -0.15) is 5.10 Å². The Balaban J connectivity index is 1.30. The summed E-state index contributed by atoms with van der Waals surface area (Å²) >= 11 is 0. The number of nitrogens with zero attached hydrogens (tertiary/aromatic N) is 4. The Hall–Kier alpha value is -4.77. The number of ether oxygens (including phenoxy) is 1. The topological polar surface area (TPSA) is 155 Å². The molecular weight excluding hydrogens is 484 g/mol. The summed E-state index contributed by atoms with van der Waals surface area (Å²) in [7, 11) is 0. The van der Waals surface area contributed by atoms with E-state index in [0.717, 1.165) is 51.6 Å². The Bertz CT molecular complexity index is 1650. The van der Waals surface area contributed by atoms with Gasteiger partial charge in [-0.1, -0.05) is 6.07 Å². The summed E-state index contributed by atoms with van der Waals surface area (Å²) in [5.74, 6) is -0.487. The van der Waals surface area contributed by atoms with Gasteiger partial charge in [-0.3, -0.25) is 14.9 Å². The number of nitrogens with two attached hydrogens (primary N) is 1. The summed E-state index contributed by atoms with van der Waals surface area (Å²) in [6.45, 7) is 2.63. The molecule has 0 radical (unpaired) electrons. The van der Waals surface area contributed by atoms with Crippen molar-refractivity contribution in [3.63, 3.8) is 0 Å². The molecular formula is C27H26N8O3. The Kier molecular flexibility index (Phi) is 6.18. The minimum Gasteiger partial charge on any atom is -0.381 e. The van der Waals surface area contributed by atoms with Gasteiger partial charge in [-0.25, -0.2) is 9.78 Å². The van der Waals surface area contributed by atoms with Crippen LogP contribution < -0.4 is 11.1 Å². The van der Waals surface area contributed by atoms with Gasteiger partial charge in [-0.15, -0.1) is 0 Å². The van der Waals surface area contributed by atoms with Gasteiger partial charge < -0.3 is 25.7 Å². The number of amides is 3. The number of primary amides is 1. The number of nitrogens with one attached hydrogen (secondary N) is 3. The number of hydrogen-bond acceptors (Lipinski definition) is 6. The van der Waals surface area contributed by atoms with E-state index in [4.69, 9.17) is 10.5 Å². The number of H-pyrrole nitrogens is 2. The molecule has 0 unspecified atom stereocenters. The number of urea groups is 1. The first-order valence-electron chi connectivity index (χ1n) is 12.4. The number of carbonyl (C=O) groups is 2. The predicted octanol–water partition coefficient (Wildman–Crippen LogP) is 3.91. The lowest BCUT2D eigenvalue weighted by atomic mass is 10.1. The molecule has 11 heteroatoms. The highest BCUT2D eigenvalue weighted by molar-refractivity contribution is 6.07. The summed E-state index contributed by atoms with van der Waals surface area (Å²) in [4.78, 5) is 38.7. The minimum absolute atomic E-state index is 0.148. The maximum atomic E-state index is 12.9. The maximum absolute atomic E-state index is 12.9. The number of aromatic nitrogens is 5. The van der Waals surface area contributed by atoms with E-state index in [-0.39, 0.29) is 6.03 Å². The maximum Gasteiger partial charge on any atom is 0.321 e. The van der Waals surface area contributed by atoms with Crippen molar-refractivity contribution >= 4 is 39.6 Å². The van der Waals surface area contributed by atoms with Crippen LogP contribution in [0.25, 0.3) is 44.5 Å². The van der Waals surface area contributed by atoms with Crippen molar-refractivity contribution in [2.45, 2.75) is 12.8 Å². The molecule has 0 bridgehead atoms. The minimum atomic E-state index is -0.487. The third-order valence-electron chi connectivity index (χ3n) is 6.65. The van der Waals surface area contributed by atoms with E-state index in [1.807, 2.05) is 29.2 Å². The smallest absolute Gasteiger partial charge is 0.321 e. The third kappa shape index (κ3) is 4.55. The number of anilines is 1. The molecule has 1 aliphatic rings. The highest BCUT2D eigenvalue weighted by atomic mass is 16.5. The molecule has 4 aromatic heterocycles. The molecule has 0 aliphatic carbocycles. The fourth-order valence-electron chi connectivity index (χ4n) is 4.77. The monoisotopic (exact) mass is 510 g/mol. The summed E-state index contributed by atoms with van der Waals surface area (Å²) in [6, 6.07) is 11.0. The van der Waals surface area contributed by atoms with Crippen molar-refractivity contribution in [2.24, 2.45) is 5.73 Å². The largest absolute Gasteiger partial charge is 0.381 e. The van der Waals surface area contributed by atoms with Crippen molar-refractivity contribution in [3.05, 3.63) is 60.6 Å². The van der Waals surface area contributed by atoms with Crippen LogP contribution in [-0.2, 0) is 4.74 Å². The standard InChI is InChI=1S/C27H26N8O3/c28-25(36)19-4-1-5-22-20(19)12-23(32-22)24-21-11-17(14-30-26(21)34-33-24)16-10-18(15-29-13-16)31-27(37)35-6-2-8-38-9-3-7-35/h1,4-5,10-15,32H,2-3,6-9H2,(H2,28,36)(H,31,37)(H,30,33,34). The second kappa shape index (κ2) is 9.94. The molecule has 192 valence electrons. The molecule has 38 heavy (non-hydrogen) atoms. The molecule has 0 atom stereocenters. The second-order valence-corrected chi connectivity index (χ2v) is 9.21. The molecule has 3 amide bonds. The van der Waals surface area contributed by atoms with Gasteiger partial charge in [0.25, 0.3) is 0 Å². The SMILES string of the molecule is NC(=O)c1cccc2[nH]c(-c3[nH]nc4ncc(-c5cncc(NC(=O)N6CCCOCCC6)c5)cc34)cc12. The molecule has 1 saturated heterocycles. The van der Waals surface area contributed by atoms with E-state index in [9.17, 15) is 9.59 Å². The molecule has 5 aromatic rings. The fraction of sp³-hybridized carbons (Fsp3) is 0.222. The Labute approximate surface area is 217 Å². The number of rotatable bonds is 4. The average Bonchev–Trinajstić information content (AvgIpc) is 3.52. The van der Waals surface area contributed by atoms with Gasteiger partial charge in [0.15, 0.2) is 5.65 Å². The first kappa shape index (κ1) is 23.6. The van der Waals surface area contributed by atoms with Gasteiger partial charge in [0.2, 0.25) is 5.91 Å². The van der Waals surface area contributed by atoms with Crippen LogP contribution in [0.4, 0.5) is 10.5 Å². The number of pyridine rings is 2. The Morgan fingerprint density at radius 1 is 1.00 bits per heavy atom. The predicted molar refractivity (Wildman–Crippen MR) is 144 cm³/mol. The van der Waals surface area contributed by atoms with Crippen molar-refractivity contribution < 1.29 is 14.3 Å². The lowest BCUT2D eigenvalue weighted by molar-refractivity contribution is 0.0978. The van der Waals surface area contributed by atoms with Crippen molar-refractivity contribution in [3.8, 4) is 22.5 Å². The highest BCUT2D eigenvalue weighted by Crippen LogP contribution is 2.32. The molecule has 6 rings (SSSR count). The van der Waals surface area contributed by atoms with Gasteiger partial charge in [0, 0.05) is 71.7 Å². The summed E-state index contributed by atoms with van der Waals surface area (Å²) in [5.41, 5.74) is 11.1. The number of benzene rings is 1. The zero-order valence-corrected chi connectivity index (χ0v) is 20.5. The van der Waals surface area contributed by atoms with Gasteiger partial charge in [-0.05, 0) is 43.2 Å².